The van der Waals surface area contributed by atoms with Crippen molar-refractivity contribution in [2.45, 2.75) is 57.8 Å². The molecular weight excluding hydrogens is 190 g/mol. The minimum absolute atomic E-state index is 0.372. The first-order valence-corrected chi connectivity index (χ1v) is 6.06. The Morgan fingerprint density at radius 3 is 2.20 bits per heavy atom. The molecule has 3 heteroatoms. The van der Waals surface area contributed by atoms with E-state index in [4.69, 9.17) is 4.74 Å². The SMILES string of the molecule is CC1CC(N2CCC(=O)CC2)CC(C)O1. The summed E-state index contributed by atoms with van der Waals surface area (Å²) in [7, 11) is 0. The number of hydrogen-bond acceptors (Lipinski definition) is 3. The fourth-order valence-corrected chi connectivity index (χ4v) is 2.81. The van der Waals surface area contributed by atoms with Crippen LogP contribution in [-0.4, -0.2) is 42.0 Å². The number of likely N-dealkylation sites (tertiary alicyclic amines) is 1. The van der Waals surface area contributed by atoms with E-state index in [2.05, 4.69) is 18.7 Å². The van der Waals surface area contributed by atoms with E-state index in [-0.39, 0.29) is 0 Å². The summed E-state index contributed by atoms with van der Waals surface area (Å²) in [6.45, 7) is 6.22. The average Bonchev–Trinajstić information content (AvgIpc) is 2.17. The lowest BCUT2D eigenvalue weighted by atomic mass is 9.96. The standard InChI is InChI=1S/C12H21NO2/c1-9-7-11(8-10(2)15-9)13-5-3-12(14)4-6-13/h9-11H,3-8H2,1-2H3. The van der Waals surface area contributed by atoms with Crippen molar-refractivity contribution >= 4 is 5.78 Å². The third kappa shape index (κ3) is 2.79. The van der Waals surface area contributed by atoms with E-state index < -0.39 is 0 Å². The number of nitrogens with zero attached hydrogens (tertiary/aromatic N) is 1. The molecule has 2 unspecified atom stereocenters. The molecule has 0 spiro atoms. The summed E-state index contributed by atoms with van der Waals surface area (Å²) in [4.78, 5) is 13.7. The van der Waals surface area contributed by atoms with Gasteiger partial charge in [-0.1, -0.05) is 0 Å². The second kappa shape index (κ2) is 4.62. The molecule has 2 aliphatic rings. The van der Waals surface area contributed by atoms with Gasteiger partial charge in [0.15, 0.2) is 0 Å². The van der Waals surface area contributed by atoms with E-state index in [1.165, 1.54) is 0 Å². The average molecular weight is 211 g/mol. The molecular formula is C12H21NO2. The third-order valence-electron chi connectivity index (χ3n) is 3.54. The Bertz CT molecular complexity index is 222. The van der Waals surface area contributed by atoms with Crippen molar-refractivity contribution in [1.82, 2.24) is 4.90 Å². The molecule has 0 aromatic carbocycles. The molecule has 2 heterocycles. The number of carbonyl (C=O) groups is 1. The Labute approximate surface area is 91.8 Å². The second-order valence-electron chi connectivity index (χ2n) is 4.96. The summed E-state index contributed by atoms with van der Waals surface area (Å²) in [6, 6.07) is 0.636. The molecule has 0 saturated carbocycles. The van der Waals surface area contributed by atoms with Gasteiger partial charge >= 0.3 is 0 Å². The van der Waals surface area contributed by atoms with E-state index in [1.807, 2.05) is 0 Å². The highest BCUT2D eigenvalue weighted by atomic mass is 16.5. The molecule has 3 nitrogen and oxygen atoms in total. The van der Waals surface area contributed by atoms with Gasteiger partial charge < -0.3 is 4.74 Å². The highest BCUT2D eigenvalue weighted by Crippen LogP contribution is 2.25. The monoisotopic (exact) mass is 211 g/mol. The van der Waals surface area contributed by atoms with Crippen LogP contribution in [-0.2, 0) is 9.53 Å². The number of ether oxygens (including phenoxy) is 1. The molecule has 0 aromatic heterocycles. The summed E-state index contributed by atoms with van der Waals surface area (Å²) in [6.07, 6.45) is 4.49. The highest BCUT2D eigenvalue weighted by molar-refractivity contribution is 5.79. The molecule has 86 valence electrons. The van der Waals surface area contributed by atoms with Gasteiger partial charge in [-0.25, -0.2) is 0 Å². The number of rotatable bonds is 1. The van der Waals surface area contributed by atoms with E-state index in [0.717, 1.165) is 38.8 Å². The van der Waals surface area contributed by atoms with Gasteiger partial charge in [0.05, 0.1) is 12.2 Å². The predicted octanol–water partition coefficient (Wildman–Crippen LogP) is 1.61. The van der Waals surface area contributed by atoms with Gasteiger partial charge in [0, 0.05) is 32.0 Å². The van der Waals surface area contributed by atoms with Crippen molar-refractivity contribution in [1.29, 1.82) is 0 Å². The van der Waals surface area contributed by atoms with Crippen molar-refractivity contribution in [2.24, 2.45) is 0 Å². The van der Waals surface area contributed by atoms with Crippen molar-refractivity contribution in [3.63, 3.8) is 0 Å². The minimum Gasteiger partial charge on any atom is -0.375 e. The molecule has 2 rings (SSSR count). The maximum atomic E-state index is 11.2. The molecule has 15 heavy (non-hydrogen) atoms. The fraction of sp³-hybridized carbons (Fsp3) is 0.917. The Morgan fingerprint density at radius 1 is 1.13 bits per heavy atom. The van der Waals surface area contributed by atoms with E-state index in [9.17, 15) is 4.79 Å². The van der Waals surface area contributed by atoms with Crippen molar-refractivity contribution < 1.29 is 9.53 Å². The molecule has 2 aliphatic heterocycles. The van der Waals surface area contributed by atoms with Gasteiger partial charge in [0.25, 0.3) is 0 Å². The van der Waals surface area contributed by atoms with Gasteiger partial charge in [-0.15, -0.1) is 0 Å². The largest absolute Gasteiger partial charge is 0.375 e. The van der Waals surface area contributed by atoms with Crippen LogP contribution in [0.2, 0.25) is 0 Å². The lowest BCUT2D eigenvalue weighted by molar-refractivity contribution is -0.123. The zero-order valence-electron chi connectivity index (χ0n) is 9.74. The molecule has 0 radical (unpaired) electrons. The Balaban J connectivity index is 1.89. The summed E-state index contributed by atoms with van der Waals surface area (Å²) in [5.74, 6) is 0.430. The molecule has 0 amide bonds. The number of Topliss-reactive ketones (excluding diaryl/α,β-unsaturated/α-hetero) is 1. The van der Waals surface area contributed by atoms with Crippen molar-refractivity contribution in [2.75, 3.05) is 13.1 Å². The fourth-order valence-electron chi connectivity index (χ4n) is 2.81. The molecule has 0 bridgehead atoms. The molecule has 0 aromatic rings. The Hall–Kier alpha value is -0.410. The topological polar surface area (TPSA) is 29.5 Å². The van der Waals surface area contributed by atoms with Crippen LogP contribution in [0.5, 0.6) is 0 Å². The van der Waals surface area contributed by atoms with Crippen molar-refractivity contribution in [3.8, 4) is 0 Å². The maximum Gasteiger partial charge on any atom is 0.135 e. The maximum absolute atomic E-state index is 11.2. The van der Waals surface area contributed by atoms with E-state index in [0.29, 0.717) is 24.0 Å². The summed E-state index contributed by atoms with van der Waals surface area (Å²) in [5.41, 5.74) is 0. The zero-order valence-corrected chi connectivity index (χ0v) is 9.74. The van der Waals surface area contributed by atoms with Crippen LogP contribution >= 0.6 is 0 Å². The quantitative estimate of drug-likeness (QED) is 0.660. The Morgan fingerprint density at radius 2 is 1.67 bits per heavy atom. The Kier molecular flexibility index (Phi) is 3.42. The van der Waals surface area contributed by atoms with Crippen LogP contribution < -0.4 is 0 Å². The molecule has 2 atom stereocenters. The van der Waals surface area contributed by atoms with Gasteiger partial charge in [0.1, 0.15) is 5.78 Å². The number of hydrogen-bond donors (Lipinski definition) is 0. The predicted molar refractivity (Wildman–Crippen MR) is 58.8 cm³/mol. The first-order chi connectivity index (χ1) is 7.15. The van der Waals surface area contributed by atoms with Gasteiger partial charge in [-0.3, -0.25) is 9.69 Å². The van der Waals surface area contributed by atoms with Crippen LogP contribution in [0, 0.1) is 0 Å². The number of carbonyl (C=O) groups excluding carboxylic acids is 1. The lowest BCUT2D eigenvalue weighted by Crippen LogP contribution is -2.47. The van der Waals surface area contributed by atoms with Crippen LogP contribution in [0.4, 0.5) is 0 Å². The van der Waals surface area contributed by atoms with Gasteiger partial charge in [-0.2, -0.15) is 0 Å². The van der Waals surface area contributed by atoms with Gasteiger partial charge in [-0.05, 0) is 26.7 Å². The van der Waals surface area contributed by atoms with E-state index >= 15 is 0 Å². The molecule has 0 N–H and O–H groups in total. The second-order valence-corrected chi connectivity index (χ2v) is 4.96. The molecule has 2 fully saturated rings. The highest BCUT2D eigenvalue weighted by Gasteiger charge is 2.30. The molecule has 2 saturated heterocycles. The van der Waals surface area contributed by atoms with Crippen LogP contribution in [0.15, 0.2) is 0 Å². The number of piperidine rings is 1. The normalized spacial score (nSPS) is 39.3. The minimum atomic E-state index is 0.372. The van der Waals surface area contributed by atoms with Gasteiger partial charge in [0.2, 0.25) is 0 Å². The number of ketones is 1. The van der Waals surface area contributed by atoms with Crippen LogP contribution in [0.1, 0.15) is 39.5 Å². The summed E-state index contributed by atoms with van der Waals surface area (Å²) >= 11 is 0. The molecule has 0 aliphatic carbocycles. The third-order valence-corrected chi connectivity index (χ3v) is 3.54. The smallest absolute Gasteiger partial charge is 0.135 e. The van der Waals surface area contributed by atoms with Crippen LogP contribution in [0.25, 0.3) is 0 Å². The summed E-state index contributed by atoms with van der Waals surface area (Å²) in [5, 5.41) is 0. The van der Waals surface area contributed by atoms with Crippen LogP contribution in [0.3, 0.4) is 0 Å². The van der Waals surface area contributed by atoms with Crippen molar-refractivity contribution in [3.05, 3.63) is 0 Å². The first kappa shape index (κ1) is 11.1. The summed E-state index contributed by atoms with van der Waals surface area (Å²) < 4.78 is 5.73. The zero-order chi connectivity index (χ0) is 10.8. The van der Waals surface area contributed by atoms with E-state index in [1.54, 1.807) is 0 Å². The lowest BCUT2D eigenvalue weighted by Gasteiger charge is -2.40. The first-order valence-electron chi connectivity index (χ1n) is 6.06.